The second kappa shape index (κ2) is 10.1. The molecule has 0 aromatic heterocycles. The van der Waals surface area contributed by atoms with Gasteiger partial charge in [0.25, 0.3) is 0 Å². The van der Waals surface area contributed by atoms with Crippen LogP contribution >= 0.6 is 11.8 Å². The number of alkyl carbamates (subject to hydrolysis) is 1. The van der Waals surface area contributed by atoms with Crippen molar-refractivity contribution in [1.82, 2.24) is 10.2 Å². The normalized spacial score (nSPS) is 16.1. The first-order valence-electron chi connectivity index (χ1n) is 11.7. The molecular formula is C26H33N3O3S. The van der Waals surface area contributed by atoms with E-state index in [0.29, 0.717) is 25.4 Å². The molecule has 0 spiro atoms. The van der Waals surface area contributed by atoms with Crippen LogP contribution in [0, 0.1) is 5.92 Å². The number of likely N-dealkylation sites (tertiary alicyclic amines) is 1. The number of para-hydroxylation sites is 2. The van der Waals surface area contributed by atoms with Gasteiger partial charge in [0.1, 0.15) is 5.60 Å². The van der Waals surface area contributed by atoms with Gasteiger partial charge >= 0.3 is 6.09 Å². The maximum absolute atomic E-state index is 13.0. The molecule has 33 heavy (non-hydrogen) atoms. The Labute approximate surface area is 200 Å². The Kier molecular flexibility index (Phi) is 7.17. The van der Waals surface area contributed by atoms with E-state index in [-0.39, 0.29) is 12.0 Å². The summed E-state index contributed by atoms with van der Waals surface area (Å²) in [6.07, 6.45) is 1.90. The van der Waals surface area contributed by atoms with Gasteiger partial charge in [0.15, 0.2) is 0 Å². The van der Waals surface area contributed by atoms with Gasteiger partial charge in [-0.05, 0) is 63.8 Å². The van der Waals surface area contributed by atoms with E-state index in [0.717, 1.165) is 25.9 Å². The molecule has 2 aliphatic heterocycles. The van der Waals surface area contributed by atoms with Crippen LogP contribution in [0.25, 0.3) is 0 Å². The number of piperidine rings is 1. The van der Waals surface area contributed by atoms with Crippen LogP contribution in [-0.4, -0.2) is 48.7 Å². The fraction of sp³-hybridized carbons (Fsp3) is 0.462. The van der Waals surface area contributed by atoms with Crippen molar-refractivity contribution in [3.05, 3.63) is 48.5 Å². The van der Waals surface area contributed by atoms with Gasteiger partial charge in [0, 0.05) is 42.4 Å². The second-order valence-electron chi connectivity index (χ2n) is 9.65. The third kappa shape index (κ3) is 6.02. The summed E-state index contributed by atoms with van der Waals surface area (Å²) in [6.45, 7) is 8.30. The predicted molar refractivity (Wildman–Crippen MR) is 132 cm³/mol. The highest BCUT2D eigenvalue weighted by Crippen LogP contribution is 2.47. The third-order valence-corrected chi connectivity index (χ3v) is 7.11. The summed E-state index contributed by atoms with van der Waals surface area (Å²) in [5, 5.41) is 2.87. The Morgan fingerprint density at radius 1 is 1.00 bits per heavy atom. The van der Waals surface area contributed by atoms with Gasteiger partial charge in [0.2, 0.25) is 5.91 Å². The fourth-order valence-corrected chi connectivity index (χ4v) is 5.41. The number of nitrogens with zero attached hydrogens (tertiary/aromatic N) is 2. The SMILES string of the molecule is CC(C)(C)OC(=O)NCC1CCN(C(=O)CCN2c3ccccc3Sc3ccccc32)CC1. The van der Waals surface area contributed by atoms with Gasteiger partial charge in [-0.15, -0.1) is 0 Å². The number of carbonyl (C=O) groups excluding carboxylic acids is 2. The quantitative estimate of drug-likeness (QED) is 0.634. The minimum Gasteiger partial charge on any atom is -0.444 e. The molecule has 176 valence electrons. The predicted octanol–water partition coefficient (Wildman–Crippen LogP) is 5.44. The van der Waals surface area contributed by atoms with Gasteiger partial charge in [0.05, 0.1) is 11.4 Å². The number of amides is 2. The molecule has 2 aromatic rings. The van der Waals surface area contributed by atoms with E-state index < -0.39 is 5.60 Å². The van der Waals surface area contributed by atoms with Gasteiger partial charge in [-0.2, -0.15) is 0 Å². The highest BCUT2D eigenvalue weighted by Gasteiger charge is 2.27. The van der Waals surface area contributed by atoms with Gasteiger partial charge in [-0.25, -0.2) is 4.79 Å². The monoisotopic (exact) mass is 467 g/mol. The number of ether oxygens (including phenoxy) is 1. The van der Waals surface area contributed by atoms with E-state index in [1.54, 1.807) is 11.8 Å². The van der Waals surface area contributed by atoms with Crippen molar-refractivity contribution in [2.24, 2.45) is 5.92 Å². The number of hydrogen-bond acceptors (Lipinski definition) is 5. The molecule has 0 aliphatic carbocycles. The molecule has 0 unspecified atom stereocenters. The molecule has 2 aromatic carbocycles. The van der Waals surface area contributed by atoms with Crippen LogP contribution in [0.15, 0.2) is 58.3 Å². The lowest BCUT2D eigenvalue weighted by Crippen LogP contribution is -2.43. The number of benzene rings is 2. The fourth-order valence-electron chi connectivity index (χ4n) is 4.32. The molecule has 2 amide bonds. The van der Waals surface area contributed by atoms with E-state index in [4.69, 9.17) is 4.74 Å². The molecule has 0 radical (unpaired) electrons. The summed E-state index contributed by atoms with van der Waals surface area (Å²) in [5.41, 5.74) is 1.84. The molecule has 2 heterocycles. The molecule has 0 bridgehead atoms. The zero-order valence-electron chi connectivity index (χ0n) is 19.7. The third-order valence-electron chi connectivity index (χ3n) is 5.98. The van der Waals surface area contributed by atoms with E-state index in [1.165, 1.54) is 21.2 Å². The van der Waals surface area contributed by atoms with Gasteiger partial charge < -0.3 is 19.9 Å². The van der Waals surface area contributed by atoms with Crippen molar-refractivity contribution in [1.29, 1.82) is 0 Å². The molecule has 6 nitrogen and oxygen atoms in total. The van der Waals surface area contributed by atoms with Crippen LogP contribution in [0.5, 0.6) is 0 Å². The molecule has 0 saturated carbocycles. The minimum absolute atomic E-state index is 0.196. The lowest BCUT2D eigenvalue weighted by atomic mass is 9.96. The maximum Gasteiger partial charge on any atom is 0.407 e. The first-order chi connectivity index (χ1) is 15.8. The standard InChI is InChI=1S/C26H33N3O3S/c1-26(2,3)32-25(31)27-18-19-12-15-28(16-13-19)24(30)14-17-29-20-8-4-6-10-22(20)33-23-11-7-5-9-21(23)29/h4-11,19H,12-18H2,1-3H3,(H,27,31). The van der Waals surface area contributed by atoms with Crippen molar-refractivity contribution in [2.75, 3.05) is 31.1 Å². The molecular weight excluding hydrogens is 434 g/mol. The van der Waals surface area contributed by atoms with Crippen LogP contribution < -0.4 is 10.2 Å². The number of hydrogen-bond donors (Lipinski definition) is 1. The van der Waals surface area contributed by atoms with Crippen LogP contribution in [0.3, 0.4) is 0 Å². The summed E-state index contributed by atoms with van der Waals surface area (Å²) >= 11 is 1.78. The molecule has 7 heteroatoms. The number of nitrogens with one attached hydrogen (secondary N) is 1. The zero-order valence-corrected chi connectivity index (χ0v) is 20.5. The van der Waals surface area contributed by atoms with E-state index in [1.807, 2.05) is 25.7 Å². The van der Waals surface area contributed by atoms with Crippen LogP contribution in [-0.2, 0) is 9.53 Å². The van der Waals surface area contributed by atoms with Gasteiger partial charge in [-0.3, -0.25) is 4.79 Å². The zero-order chi connectivity index (χ0) is 23.4. The Morgan fingerprint density at radius 3 is 2.15 bits per heavy atom. The Balaban J connectivity index is 1.28. The van der Waals surface area contributed by atoms with Gasteiger partial charge in [-0.1, -0.05) is 36.0 Å². The Morgan fingerprint density at radius 2 is 1.58 bits per heavy atom. The molecule has 2 aliphatic rings. The van der Waals surface area contributed by atoms with Crippen molar-refractivity contribution in [2.45, 2.75) is 55.4 Å². The van der Waals surface area contributed by atoms with Crippen LogP contribution in [0.2, 0.25) is 0 Å². The minimum atomic E-state index is -0.492. The van der Waals surface area contributed by atoms with Crippen LogP contribution in [0.4, 0.5) is 16.2 Å². The maximum atomic E-state index is 13.0. The second-order valence-corrected chi connectivity index (χ2v) is 10.7. The molecule has 1 N–H and O–H groups in total. The molecule has 1 fully saturated rings. The number of anilines is 2. The molecule has 0 atom stereocenters. The Hall–Kier alpha value is -2.67. The largest absolute Gasteiger partial charge is 0.444 e. The summed E-state index contributed by atoms with van der Waals surface area (Å²) in [7, 11) is 0. The lowest BCUT2D eigenvalue weighted by molar-refractivity contribution is -0.132. The summed E-state index contributed by atoms with van der Waals surface area (Å²) in [4.78, 5) is 31.6. The summed E-state index contributed by atoms with van der Waals surface area (Å²) in [5.74, 6) is 0.571. The van der Waals surface area contributed by atoms with Crippen molar-refractivity contribution >= 4 is 35.1 Å². The Bertz CT molecular complexity index is 951. The summed E-state index contributed by atoms with van der Waals surface area (Å²) in [6, 6.07) is 16.8. The van der Waals surface area contributed by atoms with Crippen LogP contribution in [0.1, 0.15) is 40.0 Å². The highest BCUT2D eigenvalue weighted by atomic mass is 32.2. The van der Waals surface area contributed by atoms with E-state index in [9.17, 15) is 9.59 Å². The van der Waals surface area contributed by atoms with E-state index in [2.05, 4.69) is 58.7 Å². The number of carbonyl (C=O) groups is 2. The summed E-state index contributed by atoms with van der Waals surface area (Å²) < 4.78 is 5.31. The lowest BCUT2D eigenvalue weighted by Gasteiger charge is -2.35. The first-order valence-corrected chi connectivity index (χ1v) is 12.5. The molecule has 1 saturated heterocycles. The topological polar surface area (TPSA) is 61.9 Å². The van der Waals surface area contributed by atoms with E-state index >= 15 is 0 Å². The number of rotatable bonds is 5. The average Bonchev–Trinajstić information content (AvgIpc) is 2.79. The average molecular weight is 468 g/mol. The van der Waals surface area contributed by atoms with Crippen molar-refractivity contribution in [3.63, 3.8) is 0 Å². The smallest absolute Gasteiger partial charge is 0.407 e. The van der Waals surface area contributed by atoms with Crippen molar-refractivity contribution < 1.29 is 14.3 Å². The van der Waals surface area contributed by atoms with Crippen molar-refractivity contribution in [3.8, 4) is 0 Å². The highest BCUT2D eigenvalue weighted by molar-refractivity contribution is 7.99. The molecule has 4 rings (SSSR count). The number of fused-ring (bicyclic) bond motifs is 2. The first kappa shape index (κ1) is 23.5.